The van der Waals surface area contributed by atoms with Crippen LogP contribution in [0, 0.1) is 6.92 Å². The summed E-state index contributed by atoms with van der Waals surface area (Å²) >= 11 is 0. The summed E-state index contributed by atoms with van der Waals surface area (Å²) in [4.78, 5) is 13.9. The third kappa shape index (κ3) is 3.38. The molecule has 156 valence electrons. The largest absolute Gasteiger partial charge is 0.493 e. The molecule has 5 rings (SSSR count). The Kier molecular flexibility index (Phi) is 4.78. The van der Waals surface area contributed by atoms with Crippen LogP contribution in [0.4, 0.5) is 11.5 Å². The first-order valence-corrected chi connectivity index (χ1v) is 10.2. The molecule has 3 heterocycles. The third-order valence-electron chi connectivity index (χ3n) is 5.41. The molecule has 2 aromatic carbocycles. The second kappa shape index (κ2) is 7.75. The van der Waals surface area contributed by atoms with Gasteiger partial charge in [0.25, 0.3) is 0 Å². The molecule has 1 aliphatic heterocycles. The molecule has 4 aromatic rings. The van der Waals surface area contributed by atoms with Gasteiger partial charge in [0.05, 0.1) is 26.0 Å². The molecule has 0 bridgehead atoms. The number of benzene rings is 2. The van der Waals surface area contributed by atoms with Crippen molar-refractivity contribution in [2.45, 2.75) is 20.4 Å². The minimum atomic E-state index is 0.576. The molecule has 0 atom stereocenters. The predicted molar refractivity (Wildman–Crippen MR) is 122 cm³/mol. The average Bonchev–Trinajstić information content (AvgIpc) is 3.46. The molecule has 0 amide bonds. The number of aryl methyl sites for hydroxylation is 1. The fraction of sp³-hybridized carbons (Fsp3) is 0.208. The van der Waals surface area contributed by atoms with E-state index < -0.39 is 0 Å². The van der Waals surface area contributed by atoms with Crippen molar-refractivity contribution >= 4 is 23.4 Å². The van der Waals surface area contributed by atoms with Crippen LogP contribution < -0.4 is 14.8 Å². The van der Waals surface area contributed by atoms with Crippen LogP contribution >= 0.6 is 0 Å². The first kappa shape index (κ1) is 19.1. The topological polar surface area (TPSA) is 73.0 Å². The Bertz CT molecular complexity index is 1310. The zero-order valence-electron chi connectivity index (χ0n) is 17.7. The van der Waals surface area contributed by atoms with E-state index in [0.29, 0.717) is 30.5 Å². The van der Waals surface area contributed by atoms with Crippen molar-refractivity contribution < 1.29 is 9.47 Å². The number of fused-ring (bicyclic) bond motifs is 2. The maximum atomic E-state index is 5.63. The molecule has 7 heteroatoms. The van der Waals surface area contributed by atoms with E-state index in [-0.39, 0.29) is 0 Å². The van der Waals surface area contributed by atoms with Gasteiger partial charge in [-0.1, -0.05) is 12.1 Å². The third-order valence-corrected chi connectivity index (χ3v) is 5.41. The Morgan fingerprint density at radius 2 is 2.03 bits per heavy atom. The maximum Gasteiger partial charge on any atom is 0.180 e. The number of hydrogen-bond donors (Lipinski definition) is 1. The molecule has 2 aromatic heterocycles. The van der Waals surface area contributed by atoms with Crippen LogP contribution in [0.3, 0.4) is 0 Å². The van der Waals surface area contributed by atoms with Crippen molar-refractivity contribution in [2.24, 2.45) is 4.99 Å². The van der Waals surface area contributed by atoms with Crippen molar-refractivity contribution in [3.05, 3.63) is 65.6 Å². The first-order chi connectivity index (χ1) is 15.2. The summed E-state index contributed by atoms with van der Waals surface area (Å²) in [6, 6.07) is 12.1. The molecule has 1 N–H and O–H groups in total. The predicted octanol–water partition coefficient (Wildman–Crippen LogP) is 4.79. The smallest absolute Gasteiger partial charge is 0.180 e. The van der Waals surface area contributed by atoms with E-state index in [1.165, 1.54) is 11.1 Å². The summed E-state index contributed by atoms with van der Waals surface area (Å²) < 4.78 is 13.2. The van der Waals surface area contributed by atoms with Crippen LogP contribution in [-0.4, -0.2) is 34.3 Å². The molecule has 0 saturated carbocycles. The molecule has 1 aliphatic rings. The van der Waals surface area contributed by atoms with Crippen molar-refractivity contribution in [3.63, 3.8) is 0 Å². The van der Waals surface area contributed by atoms with E-state index in [4.69, 9.17) is 14.5 Å². The SMILES string of the molecule is CCOc1ccc(Nc2nc(-c3ccc4c(c3)CN=C4)c(C)n3ccnc23)cc1OC. The first-order valence-electron chi connectivity index (χ1n) is 10.2. The molecule has 0 fully saturated rings. The van der Waals surface area contributed by atoms with Gasteiger partial charge in [0.1, 0.15) is 0 Å². The number of rotatable bonds is 6. The highest BCUT2D eigenvalue weighted by Crippen LogP contribution is 2.33. The van der Waals surface area contributed by atoms with Crippen molar-refractivity contribution in [3.8, 4) is 22.8 Å². The standard InChI is InChI=1S/C24H23N5O2/c1-4-31-20-8-7-19(12-21(20)30-3)27-23-24-26-9-10-29(24)15(2)22(28-23)16-5-6-17-13-25-14-18(17)11-16/h5-13H,4,14H2,1-3H3,(H,27,28). The average molecular weight is 413 g/mol. The second-order valence-corrected chi connectivity index (χ2v) is 7.32. The number of ether oxygens (including phenoxy) is 2. The van der Waals surface area contributed by atoms with Gasteiger partial charge in [-0.05, 0) is 43.2 Å². The van der Waals surface area contributed by atoms with E-state index in [1.54, 1.807) is 13.3 Å². The van der Waals surface area contributed by atoms with Crippen molar-refractivity contribution in [2.75, 3.05) is 19.0 Å². The highest BCUT2D eigenvalue weighted by Gasteiger charge is 2.16. The fourth-order valence-corrected chi connectivity index (χ4v) is 3.88. The van der Waals surface area contributed by atoms with Crippen molar-refractivity contribution in [1.82, 2.24) is 14.4 Å². The van der Waals surface area contributed by atoms with Gasteiger partial charge in [-0.25, -0.2) is 9.97 Å². The summed E-state index contributed by atoms with van der Waals surface area (Å²) in [5.41, 5.74) is 6.99. The summed E-state index contributed by atoms with van der Waals surface area (Å²) in [5.74, 6) is 2.05. The minimum absolute atomic E-state index is 0.576. The highest BCUT2D eigenvalue weighted by atomic mass is 16.5. The van der Waals surface area contributed by atoms with Gasteiger partial charge >= 0.3 is 0 Å². The second-order valence-electron chi connectivity index (χ2n) is 7.32. The number of hydrogen-bond acceptors (Lipinski definition) is 6. The monoisotopic (exact) mass is 413 g/mol. The molecule has 31 heavy (non-hydrogen) atoms. The number of nitrogens with one attached hydrogen (secondary N) is 1. The quantitative estimate of drug-likeness (QED) is 0.492. The molecule has 0 spiro atoms. The van der Waals surface area contributed by atoms with Gasteiger partial charge in [-0.3, -0.25) is 9.39 Å². The number of imidazole rings is 1. The van der Waals surface area contributed by atoms with E-state index in [1.807, 2.05) is 37.5 Å². The number of aliphatic imine (C=N–C) groups is 1. The number of methoxy groups -OCH3 is 1. The number of aromatic nitrogens is 3. The van der Waals surface area contributed by atoms with Gasteiger partial charge < -0.3 is 14.8 Å². The summed E-state index contributed by atoms with van der Waals surface area (Å²) in [6.07, 6.45) is 5.66. The Hall–Kier alpha value is -3.87. The molecule has 0 radical (unpaired) electrons. The van der Waals surface area contributed by atoms with Crippen LogP contribution in [0.2, 0.25) is 0 Å². The molecular weight excluding hydrogens is 390 g/mol. The minimum Gasteiger partial charge on any atom is -0.493 e. The van der Waals surface area contributed by atoms with Crippen LogP contribution in [-0.2, 0) is 6.54 Å². The van der Waals surface area contributed by atoms with E-state index in [0.717, 1.165) is 28.3 Å². The van der Waals surface area contributed by atoms with Gasteiger partial charge in [0.15, 0.2) is 23.0 Å². The fourth-order valence-electron chi connectivity index (χ4n) is 3.88. The Morgan fingerprint density at radius 1 is 1.13 bits per heavy atom. The zero-order valence-corrected chi connectivity index (χ0v) is 17.7. The normalized spacial score (nSPS) is 12.2. The number of nitrogens with zero attached hydrogens (tertiary/aromatic N) is 4. The van der Waals surface area contributed by atoms with Crippen LogP contribution in [0.15, 0.2) is 53.8 Å². The summed E-state index contributed by atoms with van der Waals surface area (Å²) in [5, 5.41) is 3.41. The summed E-state index contributed by atoms with van der Waals surface area (Å²) in [7, 11) is 1.63. The lowest BCUT2D eigenvalue weighted by molar-refractivity contribution is 0.311. The Labute approximate surface area is 180 Å². The van der Waals surface area contributed by atoms with Crippen molar-refractivity contribution in [1.29, 1.82) is 0 Å². The van der Waals surface area contributed by atoms with Gasteiger partial charge in [0.2, 0.25) is 0 Å². The lowest BCUT2D eigenvalue weighted by Gasteiger charge is -2.15. The van der Waals surface area contributed by atoms with E-state index >= 15 is 0 Å². The van der Waals surface area contributed by atoms with Crippen LogP contribution in [0.1, 0.15) is 23.7 Å². The van der Waals surface area contributed by atoms with E-state index in [2.05, 4.69) is 44.8 Å². The Balaban J connectivity index is 1.58. The maximum absolute atomic E-state index is 5.63. The van der Waals surface area contributed by atoms with Crippen LogP contribution in [0.25, 0.3) is 16.9 Å². The summed E-state index contributed by atoms with van der Waals surface area (Å²) in [6.45, 7) is 5.30. The lowest BCUT2D eigenvalue weighted by Crippen LogP contribution is -2.05. The van der Waals surface area contributed by atoms with Crippen LogP contribution in [0.5, 0.6) is 11.5 Å². The molecule has 0 saturated heterocycles. The Morgan fingerprint density at radius 3 is 2.87 bits per heavy atom. The van der Waals surface area contributed by atoms with Gasteiger partial charge in [-0.15, -0.1) is 0 Å². The molecule has 7 nitrogen and oxygen atoms in total. The molecular formula is C24H23N5O2. The van der Waals surface area contributed by atoms with Gasteiger partial charge in [-0.2, -0.15) is 0 Å². The van der Waals surface area contributed by atoms with Gasteiger partial charge in [0, 0.05) is 41.6 Å². The molecule has 0 unspecified atom stereocenters. The zero-order chi connectivity index (χ0) is 21.4. The van der Waals surface area contributed by atoms with E-state index in [9.17, 15) is 0 Å². The lowest BCUT2D eigenvalue weighted by atomic mass is 10.0. The highest BCUT2D eigenvalue weighted by molar-refractivity contribution is 5.86. The molecule has 0 aliphatic carbocycles. The number of anilines is 2.